The van der Waals surface area contributed by atoms with Crippen LogP contribution in [-0.4, -0.2) is 36.3 Å². The Morgan fingerprint density at radius 2 is 1.75 bits per heavy atom. The smallest absolute Gasteiger partial charge is 0.419 e. The topological polar surface area (TPSA) is 98.8 Å². The van der Waals surface area contributed by atoms with Crippen molar-refractivity contribution in [3.8, 4) is 5.75 Å². The first-order valence-corrected chi connectivity index (χ1v) is 12.0. The van der Waals surface area contributed by atoms with Crippen molar-refractivity contribution >= 4 is 27.1 Å². The SMILES string of the molecule is Cc1ccc(C)c(OC(=O)CCn2c(=O)oc3cc(S(=O)(=O)N4CCCC4)ccc32)c1C. The highest BCUT2D eigenvalue weighted by Crippen LogP contribution is 2.27. The second-order valence-electron chi connectivity index (χ2n) is 8.14. The summed E-state index contributed by atoms with van der Waals surface area (Å²) < 4.78 is 39.1. The number of hydrogen-bond acceptors (Lipinski definition) is 6. The molecule has 0 bridgehead atoms. The molecule has 32 heavy (non-hydrogen) atoms. The second-order valence-corrected chi connectivity index (χ2v) is 10.1. The Morgan fingerprint density at radius 1 is 1.06 bits per heavy atom. The van der Waals surface area contributed by atoms with Gasteiger partial charge in [0.15, 0.2) is 5.58 Å². The van der Waals surface area contributed by atoms with E-state index in [-0.39, 0.29) is 23.4 Å². The Bertz CT molecular complexity index is 1350. The lowest BCUT2D eigenvalue weighted by Crippen LogP contribution is -2.27. The van der Waals surface area contributed by atoms with Crippen LogP contribution in [0.1, 0.15) is 36.0 Å². The summed E-state index contributed by atoms with van der Waals surface area (Å²) in [5.41, 5.74) is 3.39. The Kier molecular flexibility index (Phi) is 5.96. The summed E-state index contributed by atoms with van der Waals surface area (Å²) in [5, 5.41) is 0. The number of nitrogens with zero attached hydrogens (tertiary/aromatic N) is 2. The van der Waals surface area contributed by atoms with Gasteiger partial charge in [0.25, 0.3) is 0 Å². The third kappa shape index (κ3) is 4.10. The zero-order valence-corrected chi connectivity index (χ0v) is 19.2. The van der Waals surface area contributed by atoms with Crippen molar-refractivity contribution in [3.63, 3.8) is 0 Å². The van der Waals surface area contributed by atoms with Gasteiger partial charge in [-0.2, -0.15) is 4.31 Å². The normalized spacial score (nSPS) is 14.8. The highest BCUT2D eigenvalue weighted by Gasteiger charge is 2.28. The molecule has 1 saturated heterocycles. The summed E-state index contributed by atoms with van der Waals surface area (Å²) in [6.45, 7) is 6.76. The molecule has 0 aliphatic carbocycles. The molecule has 0 saturated carbocycles. The fraction of sp³-hybridized carbons (Fsp3) is 0.391. The minimum atomic E-state index is -3.62. The van der Waals surface area contributed by atoms with Gasteiger partial charge in [0.2, 0.25) is 10.0 Å². The van der Waals surface area contributed by atoms with E-state index in [1.807, 2.05) is 32.9 Å². The van der Waals surface area contributed by atoms with Gasteiger partial charge in [0.05, 0.1) is 16.8 Å². The lowest BCUT2D eigenvalue weighted by molar-refractivity contribution is -0.134. The van der Waals surface area contributed by atoms with Crippen LogP contribution in [0.25, 0.3) is 11.1 Å². The summed E-state index contributed by atoms with van der Waals surface area (Å²) >= 11 is 0. The number of carbonyl (C=O) groups excluding carboxylic acids is 1. The van der Waals surface area contributed by atoms with Crippen LogP contribution >= 0.6 is 0 Å². The van der Waals surface area contributed by atoms with Crippen LogP contribution in [0, 0.1) is 20.8 Å². The lowest BCUT2D eigenvalue weighted by Gasteiger charge is -2.15. The van der Waals surface area contributed by atoms with Gasteiger partial charge in [-0.3, -0.25) is 9.36 Å². The molecule has 1 fully saturated rings. The quantitative estimate of drug-likeness (QED) is 0.415. The predicted molar refractivity (Wildman–Crippen MR) is 119 cm³/mol. The van der Waals surface area contributed by atoms with Gasteiger partial charge < -0.3 is 9.15 Å². The highest BCUT2D eigenvalue weighted by atomic mass is 32.2. The molecule has 3 aromatic rings. The van der Waals surface area contributed by atoms with E-state index in [1.165, 1.54) is 21.0 Å². The molecule has 2 heterocycles. The molecule has 0 atom stereocenters. The first kappa shape index (κ1) is 22.3. The van der Waals surface area contributed by atoms with E-state index in [2.05, 4.69) is 0 Å². The van der Waals surface area contributed by atoms with E-state index in [9.17, 15) is 18.0 Å². The number of esters is 1. The number of aromatic nitrogens is 1. The number of hydrogen-bond donors (Lipinski definition) is 0. The number of aryl methyl sites for hydroxylation is 3. The number of sulfonamides is 1. The van der Waals surface area contributed by atoms with E-state index >= 15 is 0 Å². The van der Waals surface area contributed by atoms with Gasteiger partial charge in [0, 0.05) is 25.7 Å². The van der Waals surface area contributed by atoms with Crippen molar-refractivity contribution in [3.05, 3.63) is 57.6 Å². The molecule has 1 aliphatic rings. The number of fused-ring (bicyclic) bond motifs is 1. The summed E-state index contributed by atoms with van der Waals surface area (Å²) in [5.74, 6) is -0.570. The molecule has 2 aromatic carbocycles. The molecule has 9 heteroatoms. The fourth-order valence-electron chi connectivity index (χ4n) is 3.95. The maximum atomic E-state index is 12.8. The van der Waals surface area contributed by atoms with Crippen molar-refractivity contribution in [2.45, 2.75) is 51.5 Å². The number of rotatable bonds is 6. The van der Waals surface area contributed by atoms with Crippen LogP contribution in [0.15, 0.2) is 44.4 Å². The van der Waals surface area contributed by atoms with Gasteiger partial charge in [0.1, 0.15) is 5.75 Å². The number of oxazole rings is 1. The molecule has 0 spiro atoms. The Morgan fingerprint density at radius 3 is 2.47 bits per heavy atom. The summed E-state index contributed by atoms with van der Waals surface area (Å²) in [7, 11) is -3.62. The maximum Gasteiger partial charge on any atom is 0.419 e. The molecule has 1 aliphatic heterocycles. The van der Waals surface area contributed by atoms with Crippen LogP contribution in [-0.2, 0) is 21.4 Å². The zero-order valence-electron chi connectivity index (χ0n) is 18.4. The van der Waals surface area contributed by atoms with Gasteiger partial charge >= 0.3 is 11.7 Å². The minimum absolute atomic E-state index is 0.0325. The largest absolute Gasteiger partial charge is 0.426 e. The lowest BCUT2D eigenvalue weighted by atomic mass is 10.1. The molecule has 0 radical (unpaired) electrons. The zero-order chi connectivity index (χ0) is 23.0. The van der Waals surface area contributed by atoms with Crippen LogP contribution in [0.3, 0.4) is 0 Å². The Balaban J connectivity index is 1.53. The van der Waals surface area contributed by atoms with Crippen LogP contribution in [0.4, 0.5) is 0 Å². The van der Waals surface area contributed by atoms with Crippen molar-refractivity contribution in [1.29, 1.82) is 0 Å². The van der Waals surface area contributed by atoms with E-state index in [0.29, 0.717) is 24.4 Å². The highest BCUT2D eigenvalue weighted by molar-refractivity contribution is 7.89. The maximum absolute atomic E-state index is 12.8. The fourth-order valence-corrected chi connectivity index (χ4v) is 5.48. The van der Waals surface area contributed by atoms with Gasteiger partial charge in [-0.05, 0) is 62.4 Å². The summed E-state index contributed by atoms with van der Waals surface area (Å²) in [6, 6.07) is 8.26. The minimum Gasteiger partial charge on any atom is -0.426 e. The predicted octanol–water partition coefficient (Wildman–Crippen LogP) is 3.30. The second kappa shape index (κ2) is 8.55. The average molecular weight is 459 g/mol. The van der Waals surface area contributed by atoms with E-state index < -0.39 is 21.7 Å². The van der Waals surface area contributed by atoms with Gasteiger partial charge in [-0.25, -0.2) is 13.2 Å². The molecular formula is C23H26N2O6S. The Labute approximate surface area is 186 Å². The van der Waals surface area contributed by atoms with Crippen molar-refractivity contribution in [1.82, 2.24) is 8.87 Å². The van der Waals surface area contributed by atoms with Crippen molar-refractivity contribution < 1.29 is 22.4 Å². The molecule has 4 rings (SSSR count). The van der Waals surface area contributed by atoms with E-state index in [4.69, 9.17) is 9.15 Å². The number of carbonyl (C=O) groups is 1. The number of benzene rings is 2. The van der Waals surface area contributed by atoms with Gasteiger partial charge in [-0.15, -0.1) is 0 Å². The molecule has 170 valence electrons. The van der Waals surface area contributed by atoms with Crippen molar-refractivity contribution in [2.75, 3.05) is 13.1 Å². The van der Waals surface area contributed by atoms with E-state index in [1.54, 1.807) is 6.07 Å². The first-order chi connectivity index (χ1) is 15.2. The Hall–Kier alpha value is -2.91. The van der Waals surface area contributed by atoms with Crippen LogP contribution < -0.4 is 10.5 Å². The molecule has 0 N–H and O–H groups in total. The standard InChI is InChI=1S/C23H26N2O6S/c1-15-6-7-16(2)22(17(15)3)31-21(26)10-13-25-19-9-8-18(14-20(19)30-23(25)27)32(28,29)24-11-4-5-12-24/h6-9,14H,4-5,10-13H2,1-3H3. The molecule has 8 nitrogen and oxygen atoms in total. The van der Waals surface area contributed by atoms with Crippen LogP contribution in [0.2, 0.25) is 0 Å². The molecule has 0 unspecified atom stereocenters. The average Bonchev–Trinajstić information content (AvgIpc) is 3.40. The number of ether oxygens (including phenoxy) is 1. The molecule has 1 aromatic heterocycles. The van der Waals surface area contributed by atoms with E-state index in [0.717, 1.165) is 29.5 Å². The monoisotopic (exact) mass is 458 g/mol. The third-order valence-electron chi connectivity index (χ3n) is 5.97. The molecule has 0 amide bonds. The van der Waals surface area contributed by atoms with Crippen LogP contribution in [0.5, 0.6) is 5.75 Å². The van der Waals surface area contributed by atoms with Crippen molar-refractivity contribution in [2.24, 2.45) is 0 Å². The first-order valence-electron chi connectivity index (χ1n) is 10.6. The summed E-state index contributed by atoms with van der Waals surface area (Å²) in [4.78, 5) is 24.9. The molecular weight excluding hydrogens is 432 g/mol. The van der Waals surface area contributed by atoms with Gasteiger partial charge in [-0.1, -0.05) is 12.1 Å². The summed E-state index contributed by atoms with van der Waals surface area (Å²) in [6.07, 6.45) is 1.64. The third-order valence-corrected chi connectivity index (χ3v) is 7.87.